The summed E-state index contributed by atoms with van der Waals surface area (Å²) in [6.45, 7) is 4.77. The SMILES string of the molecule is CCC1(C)c2cc(N(c3ccccc3)c3cc4ccccc4c4ccccc34)ccc2-c2ccc3ccccc3c21. The van der Waals surface area contributed by atoms with Gasteiger partial charge in [-0.05, 0) is 85.9 Å². The molecule has 0 saturated carbocycles. The lowest BCUT2D eigenvalue weighted by atomic mass is 9.76. The van der Waals surface area contributed by atoms with Gasteiger partial charge < -0.3 is 4.90 Å². The summed E-state index contributed by atoms with van der Waals surface area (Å²) in [7, 11) is 0. The summed E-state index contributed by atoms with van der Waals surface area (Å²) < 4.78 is 0. The van der Waals surface area contributed by atoms with E-state index in [0.29, 0.717) is 0 Å². The van der Waals surface area contributed by atoms with Gasteiger partial charge in [0.25, 0.3) is 0 Å². The van der Waals surface area contributed by atoms with Crippen LogP contribution in [0.2, 0.25) is 0 Å². The molecule has 1 unspecified atom stereocenters. The molecule has 7 aromatic carbocycles. The summed E-state index contributed by atoms with van der Waals surface area (Å²) >= 11 is 0. The van der Waals surface area contributed by atoms with Crippen molar-refractivity contribution < 1.29 is 0 Å². The van der Waals surface area contributed by atoms with Crippen molar-refractivity contribution in [3.05, 3.63) is 151 Å². The van der Waals surface area contributed by atoms with Gasteiger partial charge in [-0.25, -0.2) is 0 Å². The minimum atomic E-state index is -0.0741. The number of hydrogen-bond donors (Lipinski definition) is 0. The molecule has 41 heavy (non-hydrogen) atoms. The van der Waals surface area contributed by atoms with Gasteiger partial charge in [0.05, 0.1) is 5.69 Å². The zero-order valence-corrected chi connectivity index (χ0v) is 23.4. The molecule has 0 radical (unpaired) electrons. The molecular weight excluding hydrogens is 494 g/mol. The van der Waals surface area contributed by atoms with E-state index in [4.69, 9.17) is 0 Å². The normalized spacial score (nSPS) is 15.8. The third-order valence-corrected chi connectivity index (χ3v) is 9.34. The van der Waals surface area contributed by atoms with Crippen LogP contribution in [0.25, 0.3) is 43.4 Å². The van der Waals surface area contributed by atoms with Crippen molar-refractivity contribution in [2.24, 2.45) is 0 Å². The maximum atomic E-state index is 2.46. The van der Waals surface area contributed by atoms with Crippen LogP contribution in [-0.4, -0.2) is 0 Å². The van der Waals surface area contributed by atoms with E-state index < -0.39 is 0 Å². The van der Waals surface area contributed by atoms with Crippen LogP contribution < -0.4 is 4.90 Å². The molecule has 1 aliphatic rings. The molecule has 1 nitrogen and oxygen atoms in total. The van der Waals surface area contributed by atoms with Crippen LogP contribution in [0.3, 0.4) is 0 Å². The second-order valence-corrected chi connectivity index (χ2v) is 11.5. The highest BCUT2D eigenvalue weighted by Gasteiger charge is 2.39. The first kappa shape index (κ1) is 24.0. The fourth-order valence-corrected chi connectivity index (χ4v) is 7.18. The molecule has 0 saturated heterocycles. The van der Waals surface area contributed by atoms with E-state index in [0.717, 1.165) is 12.1 Å². The lowest BCUT2D eigenvalue weighted by Gasteiger charge is -2.31. The van der Waals surface area contributed by atoms with E-state index >= 15 is 0 Å². The molecule has 0 N–H and O–H groups in total. The van der Waals surface area contributed by atoms with Crippen LogP contribution in [0, 0.1) is 0 Å². The topological polar surface area (TPSA) is 3.24 Å². The fourth-order valence-electron chi connectivity index (χ4n) is 7.18. The fraction of sp³-hybridized carbons (Fsp3) is 0.100. The highest BCUT2D eigenvalue weighted by atomic mass is 15.1. The summed E-state index contributed by atoms with van der Waals surface area (Å²) in [5, 5.41) is 7.75. The molecule has 1 atom stereocenters. The largest absolute Gasteiger partial charge is 0.310 e. The smallest absolute Gasteiger partial charge is 0.0546 e. The van der Waals surface area contributed by atoms with Gasteiger partial charge in [0, 0.05) is 22.2 Å². The Morgan fingerprint density at radius 2 is 1.15 bits per heavy atom. The highest BCUT2D eigenvalue weighted by molar-refractivity contribution is 6.14. The Morgan fingerprint density at radius 3 is 1.93 bits per heavy atom. The van der Waals surface area contributed by atoms with E-state index in [2.05, 4.69) is 158 Å². The van der Waals surface area contributed by atoms with Gasteiger partial charge >= 0.3 is 0 Å². The molecule has 1 aliphatic carbocycles. The van der Waals surface area contributed by atoms with Crippen LogP contribution in [0.15, 0.2) is 140 Å². The lowest BCUT2D eigenvalue weighted by Crippen LogP contribution is -2.20. The maximum Gasteiger partial charge on any atom is 0.0546 e. The predicted molar refractivity (Wildman–Crippen MR) is 176 cm³/mol. The van der Waals surface area contributed by atoms with E-state index in [1.807, 2.05) is 0 Å². The minimum absolute atomic E-state index is 0.0741. The van der Waals surface area contributed by atoms with Gasteiger partial charge in [-0.1, -0.05) is 123 Å². The Labute approximate surface area is 241 Å². The van der Waals surface area contributed by atoms with Crippen molar-refractivity contribution in [3.8, 4) is 11.1 Å². The molecule has 0 fully saturated rings. The van der Waals surface area contributed by atoms with E-state index in [9.17, 15) is 0 Å². The maximum absolute atomic E-state index is 2.46. The monoisotopic (exact) mass is 525 g/mol. The van der Waals surface area contributed by atoms with E-state index in [1.54, 1.807) is 0 Å². The summed E-state index contributed by atoms with van der Waals surface area (Å²) in [6.07, 6.45) is 1.04. The van der Waals surface area contributed by atoms with Crippen molar-refractivity contribution in [1.82, 2.24) is 0 Å². The first-order valence-corrected chi connectivity index (χ1v) is 14.6. The van der Waals surface area contributed by atoms with Gasteiger partial charge in [0.15, 0.2) is 0 Å². The number of nitrogens with zero attached hydrogens (tertiary/aromatic N) is 1. The van der Waals surface area contributed by atoms with Crippen LogP contribution in [-0.2, 0) is 5.41 Å². The molecule has 0 bridgehead atoms. The summed E-state index contributed by atoms with van der Waals surface area (Å²) in [5.41, 5.74) is 9.08. The average Bonchev–Trinajstić information content (AvgIpc) is 3.30. The number of rotatable bonds is 4. The molecular formula is C40H31N. The minimum Gasteiger partial charge on any atom is -0.310 e. The number of para-hydroxylation sites is 1. The molecule has 7 aromatic rings. The van der Waals surface area contributed by atoms with Gasteiger partial charge in [0.1, 0.15) is 0 Å². The van der Waals surface area contributed by atoms with Crippen LogP contribution in [0.1, 0.15) is 31.4 Å². The van der Waals surface area contributed by atoms with Crippen LogP contribution >= 0.6 is 0 Å². The summed E-state index contributed by atoms with van der Waals surface area (Å²) in [6, 6.07) is 51.3. The Morgan fingerprint density at radius 1 is 0.512 bits per heavy atom. The number of anilines is 3. The van der Waals surface area contributed by atoms with Gasteiger partial charge in [-0.15, -0.1) is 0 Å². The quantitative estimate of drug-likeness (QED) is 0.207. The second-order valence-electron chi connectivity index (χ2n) is 11.5. The van der Waals surface area contributed by atoms with Crippen molar-refractivity contribution in [3.63, 3.8) is 0 Å². The Balaban J connectivity index is 1.41. The van der Waals surface area contributed by atoms with Crippen molar-refractivity contribution in [2.75, 3.05) is 4.90 Å². The molecule has 0 amide bonds. The second kappa shape index (κ2) is 9.08. The van der Waals surface area contributed by atoms with Crippen molar-refractivity contribution in [1.29, 1.82) is 0 Å². The van der Waals surface area contributed by atoms with Gasteiger partial charge in [0.2, 0.25) is 0 Å². The third kappa shape index (κ3) is 3.49. The molecule has 0 heterocycles. The molecule has 0 spiro atoms. The van der Waals surface area contributed by atoms with Crippen LogP contribution in [0.5, 0.6) is 0 Å². The standard InChI is InChI=1S/C40H31N/c1-3-40(2)37-26-30(22-24-34(37)36-23-21-27-13-7-10-18-32(27)39(36)40)41(29-15-5-4-6-16-29)38-25-28-14-8-9-17-31(28)33-19-11-12-20-35(33)38/h4-26H,3H2,1-2H3. The Hall–Kier alpha value is -4.88. The predicted octanol–water partition coefficient (Wildman–Crippen LogP) is 11.3. The zero-order valence-electron chi connectivity index (χ0n) is 23.4. The Bertz CT molecular complexity index is 2110. The van der Waals surface area contributed by atoms with Crippen LogP contribution in [0.4, 0.5) is 17.1 Å². The number of benzene rings is 7. The zero-order chi connectivity index (χ0) is 27.6. The summed E-state index contributed by atoms with van der Waals surface area (Å²) in [5.74, 6) is 0. The molecule has 196 valence electrons. The number of fused-ring (bicyclic) bond motifs is 8. The first-order valence-electron chi connectivity index (χ1n) is 14.6. The van der Waals surface area contributed by atoms with E-state index in [-0.39, 0.29) is 5.41 Å². The molecule has 0 aromatic heterocycles. The Kier molecular flexibility index (Phi) is 5.30. The average molecular weight is 526 g/mol. The third-order valence-electron chi connectivity index (χ3n) is 9.34. The van der Waals surface area contributed by atoms with Gasteiger partial charge in [-0.3, -0.25) is 0 Å². The van der Waals surface area contributed by atoms with Gasteiger partial charge in [-0.2, -0.15) is 0 Å². The number of hydrogen-bond acceptors (Lipinski definition) is 1. The van der Waals surface area contributed by atoms with Crippen molar-refractivity contribution in [2.45, 2.75) is 25.7 Å². The molecule has 8 rings (SSSR count). The molecule has 1 heteroatoms. The summed E-state index contributed by atoms with van der Waals surface area (Å²) in [4.78, 5) is 2.45. The van der Waals surface area contributed by atoms with Crippen molar-refractivity contribution >= 4 is 49.4 Å². The van der Waals surface area contributed by atoms with E-state index in [1.165, 1.54) is 65.9 Å². The first-order chi connectivity index (χ1) is 20.2. The lowest BCUT2D eigenvalue weighted by molar-refractivity contribution is 0.569. The molecule has 0 aliphatic heterocycles. The highest BCUT2D eigenvalue weighted by Crippen LogP contribution is 2.54.